The van der Waals surface area contributed by atoms with Gasteiger partial charge in [-0.15, -0.1) is 0 Å². The lowest BCUT2D eigenvalue weighted by atomic mass is 10.2. The molecule has 10 heteroatoms. The zero-order valence-corrected chi connectivity index (χ0v) is 15.4. The van der Waals surface area contributed by atoms with Gasteiger partial charge in [-0.25, -0.2) is 9.07 Å². The molecule has 1 saturated carbocycles. The van der Waals surface area contributed by atoms with Crippen molar-refractivity contribution in [2.24, 2.45) is 0 Å². The Kier molecular flexibility index (Phi) is 4.77. The standard InChI is InChI=1S/C19H13ClF4N4O/c20-13-9-25-6-5-12(13)18(29)26-11-3-4-15(14(21)7-11)28-16(10-1-2-10)8-17(27-28)19(22,23)24/h3-10H,1-2H2,(H,26,29). The molecule has 2 aromatic heterocycles. The molecule has 3 aromatic rings. The number of hydrogen-bond acceptors (Lipinski definition) is 3. The molecule has 0 spiro atoms. The van der Waals surface area contributed by atoms with Crippen LogP contribution in [0.1, 0.15) is 40.5 Å². The van der Waals surface area contributed by atoms with Crippen LogP contribution >= 0.6 is 11.6 Å². The lowest BCUT2D eigenvalue weighted by Crippen LogP contribution is -2.13. The van der Waals surface area contributed by atoms with Crippen LogP contribution in [0.25, 0.3) is 5.69 Å². The molecule has 1 amide bonds. The molecular weight excluding hydrogens is 412 g/mol. The molecule has 150 valence electrons. The van der Waals surface area contributed by atoms with Gasteiger partial charge in [-0.05, 0) is 43.2 Å². The number of carbonyl (C=O) groups excluding carboxylic acids is 1. The zero-order chi connectivity index (χ0) is 20.8. The maximum Gasteiger partial charge on any atom is 0.435 e. The predicted molar refractivity (Wildman–Crippen MR) is 97.7 cm³/mol. The summed E-state index contributed by atoms with van der Waals surface area (Å²) < 4.78 is 54.8. The second kappa shape index (κ2) is 7.14. The van der Waals surface area contributed by atoms with Crippen LogP contribution in [0.2, 0.25) is 5.02 Å². The zero-order valence-electron chi connectivity index (χ0n) is 14.7. The number of halogens is 5. The normalized spacial score (nSPS) is 14.1. The van der Waals surface area contributed by atoms with Crippen LogP contribution in [0.5, 0.6) is 0 Å². The predicted octanol–water partition coefficient (Wildman–Crippen LogP) is 5.21. The summed E-state index contributed by atoms with van der Waals surface area (Å²) in [6, 6.07) is 6.05. The van der Waals surface area contributed by atoms with E-state index in [9.17, 15) is 22.4 Å². The van der Waals surface area contributed by atoms with Crippen LogP contribution in [0.15, 0.2) is 42.7 Å². The number of nitrogens with zero attached hydrogens (tertiary/aromatic N) is 3. The first-order valence-electron chi connectivity index (χ1n) is 8.62. The maximum absolute atomic E-state index is 14.7. The summed E-state index contributed by atoms with van der Waals surface area (Å²) >= 11 is 5.91. The van der Waals surface area contributed by atoms with E-state index in [0.29, 0.717) is 5.69 Å². The molecule has 0 atom stereocenters. The highest BCUT2D eigenvalue weighted by Gasteiger charge is 2.38. The fraction of sp³-hybridized carbons (Fsp3) is 0.211. The first kappa shape index (κ1) is 19.4. The number of rotatable bonds is 4. The third kappa shape index (κ3) is 3.95. The third-order valence-electron chi connectivity index (χ3n) is 4.47. The van der Waals surface area contributed by atoms with Gasteiger partial charge >= 0.3 is 6.18 Å². The molecule has 0 bridgehead atoms. The Labute approximate surface area is 167 Å². The van der Waals surface area contributed by atoms with E-state index in [1.165, 1.54) is 30.6 Å². The van der Waals surface area contributed by atoms with E-state index in [4.69, 9.17) is 11.6 Å². The van der Waals surface area contributed by atoms with Crippen molar-refractivity contribution < 1.29 is 22.4 Å². The highest BCUT2D eigenvalue weighted by atomic mass is 35.5. The topological polar surface area (TPSA) is 59.8 Å². The maximum atomic E-state index is 14.7. The smallest absolute Gasteiger partial charge is 0.322 e. The van der Waals surface area contributed by atoms with Crippen LogP contribution in [0.4, 0.5) is 23.2 Å². The molecule has 0 saturated heterocycles. The molecule has 1 N–H and O–H groups in total. The lowest BCUT2D eigenvalue weighted by molar-refractivity contribution is -0.141. The third-order valence-corrected chi connectivity index (χ3v) is 4.77. The average Bonchev–Trinajstić information content (AvgIpc) is 3.39. The summed E-state index contributed by atoms with van der Waals surface area (Å²) in [7, 11) is 0. The van der Waals surface area contributed by atoms with Crippen molar-refractivity contribution in [3.05, 3.63) is 70.5 Å². The molecule has 1 aliphatic rings. The summed E-state index contributed by atoms with van der Waals surface area (Å²) in [4.78, 5) is 16.1. The van der Waals surface area contributed by atoms with Crippen molar-refractivity contribution in [1.29, 1.82) is 0 Å². The van der Waals surface area contributed by atoms with Gasteiger partial charge in [0.1, 0.15) is 5.69 Å². The summed E-state index contributed by atoms with van der Waals surface area (Å²) in [5.41, 5.74) is -0.591. The van der Waals surface area contributed by atoms with Crippen molar-refractivity contribution in [3.8, 4) is 5.69 Å². The number of benzene rings is 1. The largest absolute Gasteiger partial charge is 0.435 e. The van der Waals surface area contributed by atoms with E-state index >= 15 is 0 Å². The Hall–Kier alpha value is -2.94. The number of aromatic nitrogens is 3. The number of anilines is 1. The van der Waals surface area contributed by atoms with E-state index in [-0.39, 0.29) is 27.9 Å². The first-order valence-corrected chi connectivity index (χ1v) is 9.00. The van der Waals surface area contributed by atoms with Crippen LogP contribution in [-0.4, -0.2) is 20.7 Å². The minimum absolute atomic E-state index is 0.0776. The molecule has 29 heavy (non-hydrogen) atoms. The molecular formula is C19H13ClF4N4O. The molecule has 1 aromatic carbocycles. The number of alkyl halides is 3. The molecule has 0 unspecified atom stereocenters. The number of amides is 1. The summed E-state index contributed by atoms with van der Waals surface area (Å²) in [5, 5.41) is 6.19. The van der Waals surface area contributed by atoms with Crippen molar-refractivity contribution in [2.75, 3.05) is 5.32 Å². The van der Waals surface area contributed by atoms with Crippen LogP contribution in [0.3, 0.4) is 0 Å². The fourth-order valence-corrected chi connectivity index (χ4v) is 3.12. The summed E-state index contributed by atoms with van der Waals surface area (Å²) in [5.74, 6) is -1.46. The van der Waals surface area contributed by atoms with Gasteiger partial charge < -0.3 is 5.32 Å². The van der Waals surface area contributed by atoms with E-state index in [2.05, 4.69) is 15.4 Å². The van der Waals surface area contributed by atoms with Gasteiger partial charge in [0.05, 0.1) is 10.6 Å². The number of carbonyl (C=O) groups is 1. The minimum atomic E-state index is -4.62. The van der Waals surface area contributed by atoms with Gasteiger partial charge in [-0.1, -0.05) is 11.6 Å². The Morgan fingerprint density at radius 2 is 1.97 bits per heavy atom. The van der Waals surface area contributed by atoms with E-state index in [0.717, 1.165) is 29.7 Å². The highest BCUT2D eigenvalue weighted by molar-refractivity contribution is 6.34. The van der Waals surface area contributed by atoms with Gasteiger partial charge in [-0.3, -0.25) is 9.78 Å². The van der Waals surface area contributed by atoms with Gasteiger partial charge in [0, 0.05) is 29.7 Å². The molecule has 4 rings (SSSR count). The van der Waals surface area contributed by atoms with Crippen LogP contribution in [0, 0.1) is 5.82 Å². The van der Waals surface area contributed by atoms with E-state index in [1.807, 2.05) is 0 Å². The van der Waals surface area contributed by atoms with Crippen molar-refractivity contribution in [1.82, 2.24) is 14.8 Å². The van der Waals surface area contributed by atoms with Crippen LogP contribution in [-0.2, 0) is 6.18 Å². The monoisotopic (exact) mass is 424 g/mol. The van der Waals surface area contributed by atoms with Crippen molar-refractivity contribution >= 4 is 23.2 Å². The first-order chi connectivity index (χ1) is 13.7. The minimum Gasteiger partial charge on any atom is -0.322 e. The fourth-order valence-electron chi connectivity index (χ4n) is 2.91. The Morgan fingerprint density at radius 3 is 2.59 bits per heavy atom. The average molecular weight is 425 g/mol. The van der Waals surface area contributed by atoms with Gasteiger partial charge in [0.15, 0.2) is 11.5 Å². The summed E-state index contributed by atoms with van der Waals surface area (Å²) in [6.07, 6.45) is -0.477. The van der Waals surface area contributed by atoms with Gasteiger partial charge in [0.2, 0.25) is 0 Å². The molecule has 5 nitrogen and oxygen atoms in total. The highest BCUT2D eigenvalue weighted by Crippen LogP contribution is 2.43. The van der Waals surface area contributed by atoms with Crippen LogP contribution < -0.4 is 5.32 Å². The summed E-state index contributed by atoms with van der Waals surface area (Å²) in [6.45, 7) is 0. The quantitative estimate of drug-likeness (QED) is 0.585. The number of pyridine rings is 1. The molecule has 0 radical (unpaired) electrons. The second-order valence-corrected chi connectivity index (χ2v) is 7.02. The van der Waals surface area contributed by atoms with Crippen molar-refractivity contribution in [3.63, 3.8) is 0 Å². The van der Waals surface area contributed by atoms with E-state index < -0.39 is 23.6 Å². The molecule has 1 aliphatic carbocycles. The molecule has 1 fully saturated rings. The second-order valence-electron chi connectivity index (χ2n) is 6.61. The van der Waals surface area contributed by atoms with Gasteiger partial charge in [-0.2, -0.15) is 18.3 Å². The lowest BCUT2D eigenvalue weighted by Gasteiger charge is -2.11. The number of nitrogens with one attached hydrogen (secondary N) is 1. The Balaban J connectivity index is 1.64. The van der Waals surface area contributed by atoms with Gasteiger partial charge in [0.25, 0.3) is 5.91 Å². The van der Waals surface area contributed by atoms with E-state index in [1.54, 1.807) is 0 Å². The number of hydrogen-bond donors (Lipinski definition) is 1. The van der Waals surface area contributed by atoms with Crippen molar-refractivity contribution in [2.45, 2.75) is 24.9 Å². The molecule has 0 aliphatic heterocycles. The Morgan fingerprint density at radius 1 is 1.21 bits per heavy atom. The molecule has 2 heterocycles. The SMILES string of the molecule is O=C(Nc1ccc(-n2nc(C(F)(F)F)cc2C2CC2)c(F)c1)c1ccncc1Cl. The Bertz CT molecular complexity index is 1090.